The van der Waals surface area contributed by atoms with Gasteiger partial charge in [0.1, 0.15) is 18.1 Å². The number of hydrogen-bond acceptors (Lipinski definition) is 8. The number of aromatic amines is 1. The third-order valence-electron chi connectivity index (χ3n) is 4.06. The summed E-state index contributed by atoms with van der Waals surface area (Å²) < 4.78 is 0. The Morgan fingerprint density at radius 1 is 0.969 bits per heavy atom. The molecule has 15 nitrogen and oxygen atoms in total. The molecule has 1 aromatic rings. The maximum Gasteiger partial charge on any atom is 0.326 e. The molecule has 176 valence electrons. The van der Waals surface area contributed by atoms with Crippen molar-refractivity contribution in [1.82, 2.24) is 25.9 Å². The van der Waals surface area contributed by atoms with E-state index < -0.39 is 72.6 Å². The molecular formula is C17H25N7O8. The van der Waals surface area contributed by atoms with E-state index in [1.807, 2.05) is 0 Å². The van der Waals surface area contributed by atoms with Gasteiger partial charge in [-0.2, -0.15) is 0 Å². The van der Waals surface area contributed by atoms with Gasteiger partial charge in [-0.3, -0.25) is 24.0 Å². The Kier molecular flexibility index (Phi) is 9.75. The fourth-order valence-electron chi connectivity index (χ4n) is 2.46. The van der Waals surface area contributed by atoms with Gasteiger partial charge in [0.2, 0.25) is 23.6 Å². The number of imidazole rings is 1. The fraction of sp³-hybridized carbons (Fsp3) is 0.471. The number of carbonyl (C=O) groups excluding carboxylic acids is 4. The Morgan fingerprint density at radius 3 is 1.94 bits per heavy atom. The van der Waals surface area contributed by atoms with Crippen LogP contribution >= 0.6 is 0 Å². The lowest BCUT2D eigenvalue weighted by molar-refractivity contribution is -0.143. The summed E-state index contributed by atoms with van der Waals surface area (Å²) in [6.45, 7) is 1.32. The van der Waals surface area contributed by atoms with Crippen molar-refractivity contribution in [3.05, 3.63) is 18.2 Å². The minimum atomic E-state index is -1.72. The summed E-state index contributed by atoms with van der Waals surface area (Å²) in [5.41, 5.74) is 10.9. The molecule has 1 aromatic heterocycles. The number of amides is 4. The Labute approximate surface area is 181 Å². The standard InChI is InChI=1S/C17H25N7O8/c1-7(18)14(28)22-9(3-12(19)25)15(29)23-10(4-13(26)27)16(30)24-11(17(31)32)2-8-5-20-6-21-8/h5-7,9-11H,2-4,18H2,1H3,(H2,19,25)(H,20,21)(H,22,28)(H,23,29)(H,24,30)(H,26,27)(H,31,32). The first kappa shape index (κ1) is 26.0. The number of nitrogens with two attached hydrogens (primary N) is 2. The average molecular weight is 455 g/mol. The van der Waals surface area contributed by atoms with Gasteiger partial charge in [0.25, 0.3) is 0 Å². The number of aromatic nitrogens is 2. The molecule has 1 rings (SSSR count). The van der Waals surface area contributed by atoms with Gasteiger partial charge >= 0.3 is 11.9 Å². The summed E-state index contributed by atoms with van der Waals surface area (Å²) in [7, 11) is 0. The molecule has 4 amide bonds. The molecule has 0 bridgehead atoms. The highest BCUT2D eigenvalue weighted by Gasteiger charge is 2.32. The Hall–Kier alpha value is -4.01. The molecule has 0 aliphatic rings. The van der Waals surface area contributed by atoms with E-state index in [1.165, 1.54) is 19.4 Å². The van der Waals surface area contributed by atoms with Crippen molar-refractivity contribution in [3.8, 4) is 0 Å². The van der Waals surface area contributed by atoms with Crippen LogP contribution in [0.3, 0.4) is 0 Å². The highest BCUT2D eigenvalue weighted by molar-refractivity contribution is 5.97. The molecular weight excluding hydrogens is 430 g/mol. The van der Waals surface area contributed by atoms with Gasteiger partial charge in [-0.05, 0) is 6.92 Å². The first-order valence-corrected chi connectivity index (χ1v) is 9.27. The van der Waals surface area contributed by atoms with Crippen LogP contribution in [-0.4, -0.2) is 79.9 Å². The number of carbonyl (C=O) groups is 6. The number of hydrogen-bond donors (Lipinski definition) is 8. The summed E-state index contributed by atoms with van der Waals surface area (Å²) >= 11 is 0. The molecule has 0 saturated carbocycles. The normalized spacial score (nSPS) is 14.3. The molecule has 0 aliphatic heterocycles. The molecule has 0 fully saturated rings. The number of H-pyrrole nitrogens is 1. The highest BCUT2D eigenvalue weighted by Crippen LogP contribution is 2.03. The van der Waals surface area contributed by atoms with Gasteiger partial charge in [0, 0.05) is 18.3 Å². The van der Waals surface area contributed by atoms with E-state index >= 15 is 0 Å². The summed E-state index contributed by atoms with van der Waals surface area (Å²) in [4.78, 5) is 77.2. The van der Waals surface area contributed by atoms with E-state index in [2.05, 4.69) is 25.9 Å². The van der Waals surface area contributed by atoms with Gasteiger partial charge in [0.05, 0.1) is 25.2 Å². The predicted molar refractivity (Wildman–Crippen MR) is 105 cm³/mol. The highest BCUT2D eigenvalue weighted by atomic mass is 16.4. The van der Waals surface area contributed by atoms with Gasteiger partial charge < -0.3 is 42.6 Å². The van der Waals surface area contributed by atoms with Crippen molar-refractivity contribution in [1.29, 1.82) is 0 Å². The van der Waals surface area contributed by atoms with Crippen molar-refractivity contribution in [2.45, 2.75) is 50.4 Å². The number of primary amides is 1. The molecule has 0 spiro atoms. The van der Waals surface area contributed by atoms with Crippen LogP contribution < -0.4 is 27.4 Å². The van der Waals surface area contributed by atoms with E-state index in [1.54, 1.807) is 0 Å². The number of nitrogens with zero attached hydrogens (tertiary/aromatic N) is 1. The van der Waals surface area contributed by atoms with Gasteiger partial charge in [-0.15, -0.1) is 0 Å². The number of carboxylic acid groups (broad SMARTS) is 2. The van der Waals surface area contributed by atoms with Crippen LogP contribution in [0.5, 0.6) is 0 Å². The van der Waals surface area contributed by atoms with Crippen molar-refractivity contribution >= 4 is 35.6 Å². The van der Waals surface area contributed by atoms with Crippen LogP contribution in [0.2, 0.25) is 0 Å². The van der Waals surface area contributed by atoms with Crippen molar-refractivity contribution in [2.24, 2.45) is 11.5 Å². The van der Waals surface area contributed by atoms with Gasteiger partial charge in [-0.1, -0.05) is 0 Å². The van der Waals surface area contributed by atoms with Crippen molar-refractivity contribution < 1.29 is 39.0 Å². The topological polar surface area (TPSA) is 260 Å². The second-order valence-electron chi connectivity index (χ2n) is 6.86. The smallest absolute Gasteiger partial charge is 0.326 e. The SMILES string of the molecule is CC(N)C(=O)NC(CC(N)=O)C(=O)NC(CC(=O)O)C(=O)NC(Cc1cnc[nH]1)C(=O)O. The van der Waals surface area contributed by atoms with E-state index in [0.29, 0.717) is 5.69 Å². The first-order chi connectivity index (χ1) is 14.9. The molecule has 0 saturated heterocycles. The number of carboxylic acids is 2. The van der Waals surface area contributed by atoms with Crippen LogP contribution in [0.15, 0.2) is 12.5 Å². The van der Waals surface area contributed by atoms with Crippen LogP contribution in [0.1, 0.15) is 25.5 Å². The van der Waals surface area contributed by atoms with Crippen molar-refractivity contribution in [2.75, 3.05) is 0 Å². The molecule has 4 unspecified atom stereocenters. The maximum absolute atomic E-state index is 12.6. The summed E-state index contributed by atoms with van der Waals surface area (Å²) in [5, 5.41) is 24.8. The fourth-order valence-corrected chi connectivity index (χ4v) is 2.46. The van der Waals surface area contributed by atoms with Gasteiger partial charge in [-0.25, -0.2) is 9.78 Å². The Bertz CT molecular complexity index is 855. The molecule has 10 N–H and O–H groups in total. The number of rotatable bonds is 13. The lowest BCUT2D eigenvalue weighted by Gasteiger charge is -2.23. The van der Waals surface area contributed by atoms with E-state index in [9.17, 15) is 33.9 Å². The minimum Gasteiger partial charge on any atom is -0.481 e. The first-order valence-electron chi connectivity index (χ1n) is 9.27. The van der Waals surface area contributed by atoms with E-state index in [4.69, 9.17) is 16.6 Å². The Morgan fingerprint density at radius 2 is 1.50 bits per heavy atom. The van der Waals surface area contributed by atoms with Crippen LogP contribution in [0.4, 0.5) is 0 Å². The molecule has 0 aromatic carbocycles. The quantitative estimate of drug-likeness (QED) is 0.144. The second kappa shape index (κ2) is 12.0. The third kappa shape index (κ3) is 8.78. The number of nitrogens with one attached hydrogen (secondary N) is 4. The van der Waals surface area contributed by atoms with E-state index in [0.717, 1.165) is 0 Å². The molecule has 32 heavy (non-hydrogen) atoms. The summed E-state index contributed by atoms with van der Waals surface area (Å²) in [6, 6.07) is -5.74. The maximum atomic E-state index is 12.6. The molecule has 1 heterocycles. The molecule has 15 heteroatoms. The summed E-state index contributed by atoms with van der Waals surface area (Å²) in [6.07, 6.45) is 0.901. The van der Waals surface area contributed by atoms with Crippen LogP contribution in [-0.2, 0) is 35.2 Å². The third-order valence-corrected chi connectivity index (χ3v) is 4.06. The molecule has 4 atom stereocenters. The zero-order valence-electron chi connectivity index (χ0n) is 17.0. The zero-order valence-corrected chi connectivity index (χ0v) is 17.0. The largest absolute Gasteiger partial charge is 0.481 e. The lowest BCUT2D eigenvalue weighted by atomic mass is 10.1. The monoisotopic (exact) mass is 455 g/mol. The van der Waals surface area contributed by atoms with Crippen LogP contribution in [0, 0.1) is 0 Å². The predicted octanol–water partition coefficient (Wildman–Crippen LogP) is -3.81. The zero-order chi connectivity index (χ0) is 24.4. The average Bonchev–Trinajstić information content (AvgIpc) is 3.18. The minimum absolute atomic E-state index is 0.191. The van der Waals surface area contributed by atoms with Gasteiger partial charge in [0.15, 0.2) is 0 Å². The molecule has 0 aliphatic carbocycles. The summed E-state index contributed by atoms with van der Waals surface area (Å²) in [5.74, 6) is -6.83. The lowest BCUT2D eigenvalue weighted by Crippen LogP contribution is -2.58. The van der Waals surface area contributed by atoms with E-state index in [-0.39, 0.29) is 6.42 Å². The Balaban J connectivity index is 2.98. The molecule has 0 radical (unpaired) electrons. The second-order valence-corrected chi connectivity index (χ2v) is 6.86. The van der Waals surface area contributed by atoms with Crippen molar-refractivity contribution in [3.63, 3.8) is 0 Å². The van der Waals surface area contributed by atoms with Crippen LogP contribution in [0.25, 0.3) is 0 Å². The number of aliphatic carboxylic acids is 2.